The lowest BCUT2D eigenvalue weighted by Gasteiger charge is -2.33. The van der Waals surface area contributed by atoms with Gasteiger partial charge in [0.05, 0.1) is 6.54 Å². The Morgan fingerprint density at radius 2 is 2.12 bits per heavy atom. The minimum Gasteiger partial charge on any atom is -0.332 e. The minimum atomic E-state index is 0.234. The SMILES string of the molecule is CN1CCCCC1CCC(=O)N(Cc1ccccc1)Cc1nccs1. The third-order valence-corrected chi connectivity index (χ3v) is 5.76. The standard InChI is InChI=1S/C20H27N3OS/c1-22-13-6-5-9-18(22)10-11-20(24)23(16-19-21-12-14-25-19)15-17-7-3-2-4-8-17/h2-4,7-8,12,14,18H,5-6,9-11,13,15-16H2,1H3. The quantitative estimate of drug-likeness (QED) is 0.753. The fourth-order valence-electron chi connectivity index (χ4n) is 3.49. The van der Waals surface area contributed by atoms with Gasteiger partial charge in [-0.05, 0) is 38.4 Å². The molecule has 1 aromatic carbocycles. The van der Waals surface area contributed by atoms with Crippen LogP contribution in [0.4, 0.5) is 0 Å². The molecule has 3 rings (SSSR count). The number of hydrogen-bond acceptors (Lipinski definition) is 4. The highest BCUT2D eigenvalue weighted by atomic mass is 32.1. The highest BCUT2D eigenvalue weighted by Crippen LogP contribution is 2.20. The maximum Gasteiger partial charge on any atom is 0.223 e. The van der Waals surface area contributed by atoms with Crippen LogP contribution in [0.2, 0.25) is 0 Å². The number of carbonyl (C=O) groups excluding carboxylic acids is 1. The first-order chi connectivity index (χ1) is 12.2. The number of nitrogens with zero attached hydrogens (tertiary/aromatic N) is 3. The average molecular weight is 358 g/mol. The van der Waals surface area contributed by atoms with Gasteiger partial charge in [0.2, 0.25) is 5.91 Å². The van der Waals surface area contributed by atoms with Crippen LogP contribution in [0.3, 0.4) is 0 Å². The Balaban J connectivity index is 1.61. The molecule has 1 atom stereocenters. The van der Waals surface area contributed by atoms with Gasteiger partial charge in [-0.1, -0.05) is 36.8 Å². The summed E-state index contributed by atoms with van der Waals surface area (Å²) in [6.07, 6.45) is 7.17. The molecule has 5 heteroatoms. The number of thiazole rings is 1. The monoisotopic (exact) mass is 357 g/mol. The summed E-state index contributed by atoms with van der Waals surface area (Å²) >= 11 is 1.61. The van der Waals surface area contributed by atoms with Gasteiger partial charge in [0.25, 0.3) is 0 Å². The second kappa shape index (κ2) is 9.11. The van der Waals surface area contributed by atoms with Crippen molar-refractivity contribution in [3.8, 4) is 0 Å². The number of likely N-dealkylation sites (tertiary alicyclic amines) is 1. The molecule has 4 nitrogen and oxygen atoms in total. The maximum atomic E-state index is 12.9. The second-order valence-electron chi connectivity index (χ2n) is 6.83. The second-order valence-corrected chi connectivity index (χ2v) is 7.81. The Morgan fingerprint density at radius 1 is 1.28 bits per heavy atom. The lowest BCUT2D eigenvalue weighted by molar-refractivity contribution is -0.132. The van der Waals surface area contributed by atoms with Crippen molar-refractivity contribution in [2.75, 3.05) is 13.6 Å². The van der Waals surface area contributed by atoms with E-state index in [9.17, 15) is 4.79 Å². The Hall–Kier alpha value is -1.72. The molecule has 1 unspecified atom stereocenters. The van der Waals surface area contributed by atoms with Crippen LogP contribution in [-0.2, 0) is 17.9 Å². The lowest BCUT2D eigenvalue weighted by Crippen LogP contribution is -2.38. The van der Waals surface area contributed by atoms with Gasteiger partial charge < -0.3 is 9.80 Å². The van der Waals surface area contributed by atoms with E-state index in [2.05, 4.69) is 29.1 Å². The first-order valence-corrected chi connectivity index (χ1v) is 10.0. The molecular formula is C20H27N3OS. The Bertz CT molecular complexity index is 644. The number of piperidine rings is 1. The van der Waals surface area contributed by atoms with Crippen molar-refractivity contribution in [2.45, 2.75) is 51.2 Å². The summed E-state index contributed by atoms with van der Waals surface area (Å²) in [6.45, 7) is 2.41. The van der Waals surface area contributed by atoms with E-state index < -0.39 is 0 Å². The predicted molar refractivity (Wildman–Crippen MR) is 102 cm³/mol. The largest absolute Gasteiger partial charge is 0.332 e. The molecular weight excluding hydrogens is 330 g/mol. The Morgan fingerprint density at radius 3 is 2.84 bits per heavy atom. The van der Waals surface area contributed by atoms with Crippen molar-refractivity contribution in [1.82, 2.24) is 14.8 Å². The third kappa shape index (κ3) is 5.38. The van der Waals surface area contributed by atoms with Crippen LogP contribution in [-0.4, -0.2) is 40.3 Å². The van der Waals surface area contributed by atoms with E-state index >= 15 is 0 Å². The number of carbonyl (C=O) groups is 1. The van der Waals surface area contributed by atoms with Crippen LogP contribution in [0.1, 0.15) is 42.7 Å². The average Bonchev–Trinajstić information content (AvgIpc) is 3.14. The minimum absolute atomic E-state index is 0.234. The van der Waals surface area contributed by atoms with Gasteiger partial charge in [-0.25, -0.2) is 4.98 Å². The molecule has 2 aromatic rings. The van der Waals surface area contributed by atoms with E-state index in [0.717, 1.165) is 18.0 Å². The van der Waals surface area contributed by atoms with Gasteiger partial charge in [-0.15, -0.1) is 11.3 Å². The van der Waals surface area contributed by atoms with Crippen LogP contribution in [0.25, 0.3) is 0 Å². The molecule has 1 aromatic heterocycles. The third-order valence-electron chi connectivity index (χ3n) is 4.99. The van der Waals surface area contributed by atoms with E-state index in [0.29, 0.717) is 25.6 Å². The van der Waals surface area contributed by atoms with Gasteiger partial charge in [-0.2, -0.15) is 0 Å². The molecule has 1 aliphatic rings. The molecule has 0 saturated carbocycles. The van der Waals surface area contributed by atoms with E-state index in [1.54, 1.807) is 11.3 Å². The van der Waals surface area contributed by atoms with E-state index in [1.165, 1.54) is 24.8 Å². The van der Waals surface area contributed by atoms with Crippen LogP contribution >= 0.6 is 11.3 Å². The summed E-state index contributed by atoms with van der Waals surface area (Å²) in [7, 11) is 2.19. The number of aromatic nitrogens is 1. The van der Waals surface area contributed by atoms with Crippen LogP contribution in [0, 0.1) is 0 Å². The Kier molecular flexibility index (Phi) is 6.59. The van der Waals surface area contributed by atoms with Crippen LogP contribution in [0.15, 0.2) is 41.9 Å². The van der Waals surface area contributed by atoms with Gasteiger partial charge in [0.15, 0.2) is 0 Å². The summed E-state index contributed by atoms with van der Waals surface area (Å²) in [4.78, 5) is 21.6. The maximum absolute atomic E-state index is 12.9. The number of benzene rings is 1. The smallest absolute Gasteiger partial charge is 0.223 e. The zero-order valence-corrected chi connectivity index (χ0v) is 15.8. The highest BCUT2D eigenvalue weighted by Gasteiger charge is 2.22. The zero-order chi connectivity index (χ0) is 17.5. The molecule has 0 spiro atoms. The molecule has 0 N–H and O–H groups in total. The number of amides is 1. The van der Waals surface area contributed by atoms with E-state index in [4.69, 9.17) is 0 Å². The fourth-order valence-corrected chi connectivity index (χ4v) is 4.12. The van der Waals surface area contributed by atoms with Crippen molar-refractivity contribution in [2.24, 2.45) is 0 Å². The zero-order valence-electron chi connectivity index (χ0n) is 14.9. The van der Waals surface area contributed by atoms with E-state index in [1.807, 2.05) is 34.7 Å². The highest BCUT2D eigenvalue weighted by molar-refractivity contribution is 7.09. The van der Waals surface area contributed by atoms with E-state index in [-0.39, 0.29) is 5.91 Å². The molecule has 1 aliphatic heterocycles. The molecule has 0 aliphatic carbocycles. The molecule has 2 heterocycles. The van der Waals surface area contributed by atoms with Gasteiger partial charge in [0.1, 0.15) is 5.01 Å². The summed E-state index contributed by atoms with van der Waals surface area (Å²) in [6, 6.07) is 10.8. The van der Waals surface area contributed by atoms with Crippen molar-refractivity contribution in [1.29, 1.82) is 0 Å². The summed E-state index contributed by atoms with van der Waals surface area (Å²) < 4.78 is 0. The summed E-state index contributed by atoms with van der Waals surface area (Å²) in [5.74, 6) is 0.234. The number of hydrogen-bond donors (Lipinski definition) is 0. The predicted octanol–water partition coefficient (Wildman–Crippen LogP) is 3.94. The summed E-state index contributed by atoms with van der Waals surface area (Å²) in [5.41, 5.74) is 1.17. The van der Waals surface area contributed by atoms with Crippen molar-refractivity contribution < 1.29 is 4.79 Å². The Labute approximate surface area is 154 Å². The lowest BCUT2D eigenvalue weighted by atomic mass is 9.98. The van der Waals surface area contributed by atoms with Gasteiger partial charge in [0, 0.05) is 30.6 Å². The van der Waals surface area contributed by atoms with Gasteiger partial charge in [-0.3, -0.25) is 4.79 Å². The molecule has 0 radical (unpaired) electrons. The number of rotatable bonds is 7. The van der Waals surface area contributed by atoms with Crippen molar-refractivity contribution >= 4 is 17.2 Å². The fraction of sp³-hybridized carbons (Fsp3) is 0.500. The van der Waals surface area contributed by atoms with Crippen molar-refractivity contribution in [3.05, 3.63) is 52.5 Å². The van der Waals surface area contributed by atoms with Crippen LogP contribution < -0.4 is 0 Å². The normalized spacial score (nSPS) is 18.2. The molecule has 1 amide bonds. The van der Waals surface area contributed by atoms with Crippen LogP contribution in [0.5, 0.6) is 0 Å². The summed E-state index contributed by atoms with van der Waals surface area (Å²) in [5, 5.41) is 2.97. The topological polar surface area (TPSA) is 36.4 Å². The van der Waals surface area contributed by atoms with Gasteiger partial charge >= 0.3 is 0 Å². The molecule has 25 heavy (non-hydrogen) atoms. The first-order valence-electron chi connectivity index (χ1n) is 9.12. The molecule has 1 saturated heterocycles. The van der Waals surface area contributed by atoms with Crippen molar-refractivity contribution in [3.63, 3.8) is 0 Å². The first kappa shape index (κ1) is 18.1. The molecule has 0 bridgehead atoms. The molecule has 134 valence electrons. The molecule has 1 fully saturated rings.